The van der Waals surface area contributed by atoms with E-state index < -0.39 is 0 Å². The SMILES string of the molecule is O=c1cc2cc(C=CCS)ccc2c[nH]1. The van der Waals surface area contributed by atoms with Gasteiger partial charge in [-0.15, -0.1) is 0 Å². The molecule has 0 saturated heterocycles. The Labute approximate surface area is 93.1 Å². The molecule has 2 aromatic rings. The summed E-state index contributed by atoms with van der Waals surface area (Å²) in [5, 5.41) is 2.00. The van der Waals surface area contributed by atoms with Crippen LogP contribution in [0.3, 0.4) is 0 Å². The van der Waals surface area contributed by atoms with Crippen molar-refractivity contribution in [3.8, 4) is 0 Å². The molecule has 0 saturated carbocycles. The van der Waals surface area contributed by atoms with Gasteiger partial charge in [0.25, 0.3) is 0 Å². The van der Waals surface area contributed by atoms with E-state index in [9.17, 15) is 4.79 Å². The number of hydrogen-bond donors (Lipinski definition) is 2. The molecule has 0 radical (unpaired) electrons. The van der Waals surface area contributed by atoms with Crippen molar-refractivity contribution in [1.82, 2.24) is 4.98 Å². The second kappa shape index (κ2) is 4.36. The van der Waals surface area contributed by atoms with Gasteiger partial charge in [-0.3, -0.25) is 4.79 Å². The third-order valence-corrected chi connectivity index (χ3v) is 2.39. The minimum Gasteiger partial charge on any atom is -0.328 e. The molecule has 0 fully saturated rings. The van der Waals surface area contributed by atoms with E-state index in [1.165, 1.54) is 0 Å². The highest BCUT2D eigenvalue weighted by Crippen LogP contribution is 2.14. The zero-order valence-electron chi connectivity index (χ0n) is 8.10. The van der Waals surface area contributed by atoms with Gasteiger partial charge in [0.1, 0.15) is 0 Å². The highest BCUT2D eigenvalue weighted by atomic mass is 32.1. The van der Waals surface area contributed by atoms with Crippen LogP contribution in [-0.2, 0) is 0 Å². The number of aromatic amines is 1. The lowest BCUT2D eigenvalue weighted by molar-refractivity contribution is 1.27. The number of rotatable bonds is 2. The molecule has 0 bridgehead atoms. The molecule has 0 spiro atoms. The Bertz CT molecular complexity index is 557. The Morgan fingerprint density at radius 2 is 2.13 bits per heavy atom. The zero-order chi connectivity index (χ0) is 10.7. The quantitative estimate of drug-likeness (QED) is 0.744. The van der Waals surface area contributed by atoms with Crippen molar-refractivity contribution in [2.45, 2.75) is 0 Å². The van der Waals surface area contributed by atoms with Crippen LogP contribution in [0.4, 0.5) is 0 Å². The molecule has 15 heavy (non-hydrogen) atoms. The summed E-state index contributed by atoms with van der Waals surface area (Å²) in [5.74, 6) is 0.716. The molecule has 1 heterocycles. The summed E-state index contributed by atoms with van der Waals surface area (Å²) in [6.45, 7) is 0. The standard InChI is InChI=1S/C12H11NOS/c14-12-7-11-6-9(2-1-5-15)3-4-10(11)8-13-12/h1-4,6-8,15H,5H2,(H,13,14). The minimum atomic E-state index is -0.0715. The van der Waals surface area contributed by atoms with Crippen molar-refractivity contribution >= 4 is 29.5 Å². The Morgan fingerprint density at radius 1 is 1.27 bits per heavy atom. The molecule has 1 aromatic heterocycles. The summed E-state index contributed by atoms with van der Waals surface area (Å²) >= 11 is 4.10. The van der Waals surface area contributed by atoms with Crippen LogP contribution in [0.5, 0.6) is 0 Å². The number of benzene rings is 1. The first-order chi connectivity index (χ1) is 7.29. The maximum Gasteiger partial charge on any atom is 0.248 e. The van der Waals surface area contributed by atoms with E-state index in [2.05, 4.69) is 17.6 Å². The molecule has 1 aromatic carbocycles. The summed E-state index contributed by atoms with van der Waals surface area (Å²) in [4.78, 5) is 13.8. The van der Waals surface area contributed by atoms with E-state index in [0.29, 0.717) is 5.75 Å². The second-order valence-corrected chi connectivity index (χ2v) is 3.64. The van der Waals surface area contributed by atoms with Crippen LogP contribution in [0.15, 0.2) is 41.3 Å². The molecule has 0 aliphatic carbocycles. The molecule has 0 unspecified atom stereocenters. The van der Waals surface area contributed by atoms with Gasteiger partial charge in [-0.2, -0.15) is 12.6 Å². The summed E-state index contributed by atoms with van der Waals surface area (Å²) in [6, 6.07) is 7.60. The summed E-state index contributed by atoms with van der Waals surface area (Å²) in [6.07, 6.45) is 5.69. The fourth-order valence-corrected chi connectivity index (χ4v) is 1.58. The van der Waals surface area contributed by atoms with Crippen molar-refractivity contribution in [3.05, 3.63) is 52.5 Å². The van der Waals surface area contributed by atoms with Crippen molar-refractivity contribution in [2.75, 3.05) is 5.75 Å². The van der Waals surface area contributed by atoms with Gasteiger partial charge in [0, 0.05) is 18.0 Å². The van der Waals surface area contributed by atoms with Gasteiger partial charge >= 0.3 is 0 Å². The molecule has 0 amide bonds. The number of H-pyrrole nitrogens is 1. The van der Waals surface area contributed by atoms with E-state index in [4.69, 9.17) is 0 Å². The third-order valence-electron chi connectivity index (χ3n) is 2.18. The monoisotopic (exact) mass is 217 g/mol. The molecule has 2 rings (SSSR count). The van der Waals surface area contributed by atoms with Crippen LogP contribution >= 0.6 is 12.6 Å². The summed E-state index contributed by atoms with van der Waals surface area (Å²) in [7, 11) is 0. The van der Waals surface area contributed by atoms with Crippen LogP contribution in [0.2, 0.25) is 0 Å². The number of thiol groups is 1. The van der Waals surface area contributed by atoms with E-state index in [1.807, 2.05) is 30.4 Å². The predicted octanol–water partition coefficient (Wildman–Crippen LogP) is 2.47. The zero-order valence-corrected chi connectivity index (χ0v) is 9.00. The maximum atomic E-state index is 11.1. The molecule has 0 aliphatic heterocycles. The molecule has 76 valence electrons. The molecule has 0 atom stereocenters. The lowest BCUT2D eigenvalue weighted by Gasteiger charge is -1.98. The summed E-state index contributed by atoms with van der Waals surface area (Å²) in [5.41, 5.74) is 1.01. The maximum absolute atomic E-state index is 11.1. The molecular weight excluding hydrogens is 206 g/mol. The molecule has 3 heteroatoms. The van der Waals surface area contributed by atoms with Gasteiger partial charge in [0.2, 0.25) is 5.56 Å². The molecule has 0 aliphatic rings. The number of hydrogen-bond acceptors (Lipinski definition) is 2. The average Bonchev–Trinajstić information content (AvgIpc) is 2.25. The smallest absolute Gasteiger partial charge is 0.248 e. The highest BCUT2D eigenvalue weighted by molar-refractivity contribution is 7.80. The van der Waals surface area contributed by atoms with Crippen molar-refractivity contribution < 1.29 is 0 Å². The van der Waals surface area contributed by atoms with Crippen LogP contribution < -0.4 is 5.56 Å². The van der Waals surface area contributed by atoms with E-state index in [-0.39, 0.29) is 5.56 Å². The van der Waals surface area contributed by atoms with Gasteiger partial charge in [0.05, 0.1) is 0 Å². The lowest BCUT2D eigenvalue weighted by atomic mass is 10.1. The van der Waals surface area contributed by atoms with Gasteiger partial charge in [-0.05, 0) is 22.4 Å². The first-order valence-electron chi connectivity index (χ1n) is 4.69. The Morgan fingerprint density at radius 3 is 2.93 bits per heavy atom. The number of aromatic nitrogens is 1. The van der Waals surface area contributed by atoms with Crippen molar-refractivity contribution in [2.24, 2.45) is 0 Å². The third kappa shape index (κ3) is 2.30. The fourth-order valence-electron chi connectivity index (χ4n) is 1.47. The van der Waals surface area contributed by atoms with E-state index >= 15 is 0 Å². The Kier molecular flexibility index (Phi) is 2.92. The van der Waals surface area contributed by atoms with Gasteiger partial charge < -0.3 is 4.98 Å². The molecular formula is C12H11NOS. The van der Waals surface area contributed by atoms with Gasteiger partial charge in [-0.1, -0.05) is 24.3 Å². The van der Waals surface area contributed by atoms with Crippen molar-refractivity contribution in [3.63, 3.8) is 0 Å². The van der Waals surface area contributed by atoms with Gasteiger partial charge in [-0.25, -0.2) is 0 Å². The van der Waals surface area contributed by atoms with E-state index in [1.54, 1.807) is 12.3 Å². The first kappa shape index (κ1) is 10.1. The lowest BCUT2D eigenvalue weighted by Crippen LogP contribution is -2.01. The van der Waals surface area contributed by atoms with Crippen LogP contribution in [0, 0.1) is 0 Å². The largest absolute Gasteiger partial charge is 0.328 e. The number of pyridine rings is 1. The molecule has 2 nitrogen and oxygen atoms in total. The van der Waals surface area contributed by atoms with Crippen LogP contribution in [-0.4, -0.2) is 10.7 Å². The highest BCUT2D eigenvalue weighted by Gasteiger charge is 1.94. The fraction of sp³-hybridized carbons (Fsp3) is 0.0833. The molecule has 1 N–H and O–H groups in total. The Balaban J connectivity index is 2.54. The normalized spacial score (nSPS) is 11.3. The van der Waals surface area contributed by atoms with Crippen LogP contribution in [0.25, 0.3) is 16.8 Å². The first-order valence-corrected chi connectivity index (χ1v) is 5.33. The number of nitrogens with one attached hydrogen (secondary N) is 1. The second-order valence-electron chi connectivity index (χ2n) is 3.27. The predicted molar refractivity (Wildman–Crippen MR) is 67.5 cm³/mol. The van der Waals surface area contributed by atoms with Gasteiger partial charge in [0.15, 0.2) is 0 Å². The van der Waals surface area contributed by atoms with Crippen molar-refractivity contribution in [1.29, 1.82) is 0 Å². The summed E-state index contributed by atoms with van der Waals surface area (Å²) < 4.78 is 0. The Hall–Kier alpha value is -1.48. The minimum absolute atomic E-state index is 0.0715. The average molecular weight is 217 g/mol. The van der Waals surface area contributed by atoms with E-state index in [0.717, 1.165) is 16.3 Å². The topological polar surface area (TPSA) is 32.9 Å². The number of fused-ring (bicyclic) bond motifs is 1. The van der Waals surface area contributed by atoms with Crippen LogP contribution in [0.1, 0.15) is 5.56 Å².